The van der Waals surface area contributed by atoms with Crippen LogP contribution in [0.2, 0.25) is 0 Å². The molecule has 1 heterocycles. The largest absolute Gasteiger partial charge is 0.480 e. The molecule has 0 aliphatic heterocycles. The van der Waals surface area contributed by atoms with Gasteiger partial charge < -0.3 is 10.4 Å². The Labute approximate surface area is 132 Å². The second kappa shape index (κ2) is 6.79. The number of rotatable bonds is 7. The Hall–Kier alpha value is -1.40. The highest BCUT2D eigenvalue weighted by Crippen LogP contribution is 2.27. The number of H-pyrrole nitrogens is 1. The predicted molar refractivity (Wildman–Crippen MR) is 85.8 cm³/mol. The zero-order valence-corrected chi connectivity index (χ0v) is 14.0. The Morgan fingerprint density at radius 2 is 2.18 bits per heavy atom. The highest BCUT2D eigenvalue weighted by atomic mass is 16.4. The van der Waals surface area contributed by atoms with Crippen LogP contribution in [-0.2, 0) is 16.8 Å². The van der Waals surface area contributed by atoms with Gasteiger partial charge in [-0.1, -0.05) is 27.7 Å². The Balaban J connectivity index is 1.79. The fourth-order valence-corrected chi connectivity index (χ4v) is 3.07. The van der Waals surface area contributed by atoms with Crippen molar-refractivity contribution in [1.29, 1.82) is 0 Å². The summed E-state index contributed by atoms with van der Waals surface area (Å²) < 4.78 is 0. The molecule has 3 N–H and O–H groups in total. The van der Waals surface area contributed by atoms with Crippen LogP contribution in [0.4, 0.5) is 0 Å². The lowest BCUT2D eigenvalue weighted by atomic mass is 9.84. The van der Waals surface area contributed by atoms with Crippen LogP contribution in [0.5, 0.6) is 0 Å². The fourth-order valence-electron chi connectivity index (χ4n) is 3.07. The summed E-state index contributed by atoms with van der Waals surface area (Å²) in [7, 11) is 0. The lowest BCUT2D eigenvalue weighted by molar-refractivity contribution is -0.139. The van der Waals surface area contributed by atoms with Crippen molar-refractivity contribution in [2.24, 2.45) is 0 Å². The topological polar surface area (TPSA) is 81.2 Å². The molecule has 6 heteroatoms. The lowest BCUT2D eigenvalue weighted by Gasteiger charge is -2.42. The van der Waals surface area contributed by atoms with E-state index < -0.39 is 5.97 Å². The number of hydrogen-bond donors (Lipinski definition) is 3. The third-order valence-corrected chi connectivity index (χ3v) is 4.42. The van der Waals surface area contributed by atoms with E-state index >= 15 is 0 Å². The lowest BCUT2D eigenvalue weighted by Crippen LogP contribution is -2.53. The smallest absolute Gasteiger partial charge is 0.317 e. The molecule has 22 heavy (non-hydrogen) atoms. The maximum atomic E-state index is 10.8. The van der Waals surface area contributed by atoms with Crippen molar-refractivity contribution in [3.8, 4) is 0 Å². The van der Waals surface area contributed by atoms with Gasteiger partial charge in [0.25, 0.3) is 0 Å². The molecule has 0 amide bonds. The number of nitrogens with zero attached hydrogens (tertiary/aromatic N) is 2. The summed E-state index contributed by atoms with van der Waals surface area (Å²) in [6.07, 6.45) is 3.93. The third kappa shape index (κ3) is 4.08. The zero-order valence-electron chi connectivity index (χ0n) is 14.0. The Bertz CT molecular complexity index is 500. The molecule has 6 nitrogen and oxygen atoms in total. The summed E-state index contributed by atoms with van der Waals surface area (Å²) in [6.45, 7) is 10.3. The number of carbonyl (C=O) groups is 1. The van der Waals surface area contributed by atoms with Gasteiger partial charge in [0, 0.05) is 35.3 Å². The van der Waals surface area contributed by atoms with Crippen molar-refractivity contribution in [3.63, 3.8) is 0 Å². The van der Waals surface area contributed by atoms with E-state index in [0.717, 1.165) is 25.9 Å². The van der Waals surface area contributed by atoms with Gasteiger partial charge in [0.15, 0.2) is 0 Å². The van der Waals surface area contributed by atoms with Crippen molar-refractivity contribution >= 4 is 5.97 Å². The van der Waals surface area contributed by atoms with Crippen molar-refractivity contribution < 1.29 is 9.90 Å². The molecule has 0 unspecified atom stereocenters. The first kappa shape index (κ1) is 17.0. The molecule has 2 rings (SSSR count). The minimum absolute atomic E-state index is 0.0656. The Morgan fingerprint density at radius 3 is 2.73 bits per heavy atom. The van der Waals surface area contributed by atoms with E-state index in [9.17, 15) is 4.79 Å². The average molecular weight is 308 g/mol. The number of aromatic amines is 1. The highest BCUT2D eigenvalue weighted by molar-refractivity contribution is 5.69. The first-order valence-electron chi connectivity index (χ1n) is 8.03. The van der Waals surface area contributed by atoms with Gasteiger partial charge in [-0.05, 0) is 19.4 Å². The number of aromatic nitrogens is 2. The molecule has 1 aliphatic carbocycles. The molecule has 0 bridgehead atoms. The van der Waals surface area contributed by atoms with Crippen LogP contribution in [-0.4, -0.2) is 51.3 Å². The molecule has 0 aromatic carbocycles. The van der Waals surface area contributed by atoms with Crippen molar-refractivity contribution in [2.75, 3.05) is 13.1 Å². The van der Waals surface area contributed by atoms with Gasteiger partial charge in [0.2, 0.25) is 0 Å². The maximum Gasteiger partial charge on any atom is 0.317 e. The van der Waals surface area contributed by atoms with Gasteiger partial charge in [-0.15, -0.1) is 0 Å². The van der Waals surface area contributed by atoms with Crippen molar-refractivity contribution in [1.82, 2.24) is 20.4 Å². The molecule has 0 spiro atoms. The molecule has 1 fully saturated rings. The first-order chi connectivity index (χ1) is 10.3. The van der Waals surface area contributed by atoms with Gasteiger partial charge in [0.1, 0.15) is 0 Å². The van der Waals surface area contributed by atoms with E-state index in [1.165, 1.54) is 11.3 Å². The molecule has 1 aromatic rings. The second-order valence-corrected chi connectivity index (χ2v) is 7.18. The summed E-state index contributed by atoms with van der Waals surface area (Å²) in [5.74, 6) is -0.744. The van der Waals surface area contributed by atoms with Gasteiger partial charge in [-0.25, -0.2) is 0 Å². The molecule has 1 aliphatic rings. The van der Waals surface area contributed by atoms with Crippen molar-refractivity contribution in [2.45, 2.75) is 64.6 Å². The van der Waals surface area contributed by atoms with Gasteiger partial charge in [-0.2, -0.15) is 5.10 Å². The van der Waals surface area contributed by atoms with Gasteiger partial charge >= 0.3 is 5.97 Å². The minimum atomic E-state index is -0.744. The van der Waals surface area contributed by atoms with E-state index in [1.807, 2.05) is 18.0 Å². The van der Waals surface area contributed by atoms with Crippen LogP contribution in [0.1, 0.15) is 51.8 Å². The molecule has 0 saturated heterocycles. The van der Waals surface area contributed by atoms with Crippen LogP contribution in [0.3, 0.4) is 0 Å². The first-order valence-corrected chi connectivity index (χ1v) is 8.03. The van der Waals surface area contributed by atoms with E-state index in [-0.39, 0.29) is 12.0 Å². The molecular weight excluding hydrogens is 280 g/mol. The van der Waals surface area contributed by atoms with Crippen LogP contribution >= 0.6 is 0 Å². The fraction of sp³-hybridized carbons (Fsp3) is 0.750. The van der Waals surface area contributed by atoms with E-state index in [4.69, 9.17) is 5.11 Å². The van der Waals surface area contributed by atoms with E-state index in [1.54, 1.807) is 0 Å². The Kier molecular flexibility index (Phi) is 5.24. The van der Waals surface area contributed by atoms with E-state index in [0.29, 0.717) is 12.1 Å². The van der Waals surface area contributed by atoms with E-state index in [2.05, 4.69) is 36.3 Å². The molecule has 0 radical (unpaired) electrons. The van der Waals surface area contributed by atoms with Crippen LogP contribution in [0, 0.1) is 0 Å². The summed E-state index contributed by atoms with van der Waals surface area (Å²) in [6, 6.07) is 0.862. The highest BCUT2D eigenvalue weighted by Gasteiger charge is 2.33. The summed E-state index contributed by atoms with van der Waals surface area (Å²) in [5, 5.41) is 19.7. The minimum Gasteiger partial charge on any atom is -0.480 e. The zero-order chi connectivity index (χ0) is 16.3. The monoisotopic (exact) mass is 308 g/mol. The van der Waals surface area contributed by atoms with Crippen molar-refractivity contribution in [3.05, 3.63) is 17.5 Å². The molecule has 1 aromatic heterocycles. The molecule has 0 atom stereocenters. The normalized spacial score (nSPS) is 21.9. The van der Waals surface area contributed by atoms with Crippen LogP contribution in [0.25, 0.3) is 0 Å². The number of aliphatic carboxylic acids is 1. The maximum absolute atomic E-state index is 10.8. The molecule has 1 saturated carbocycles. The third-order valence-electron chi connectivity index (χ3n) is 4.42. The SMILES string of the molecule is CCN(CC(=O)O)C1CC(NCc2cn[nH]c2C(C)(C)C)C1. The standard InChI is InChI=1S/C16H28N4O2/c1-5-20(10-14(21)22)13-6-12(7-13)17-8-11-9-18-19-15(11)16(2,3)4/h9,12-13,17H,5-8,10H2,1-4H3,(H,18,19)(H,21,22). The quantitative estimate of drug-likeness (QED) is 0.715. The second-order valence-electron chi connectivity index (χ2n) is 7.18. The number of nitrogens with one attached hydrogen (secondary N) is 2. The van der Waals surface area contributed by atoms with Gasteiger partial charge in [-0.3, -0.25) is 14.8 Å². The molecule has 124 valence electrons. The Morgan fingerprint density at radius 1 is 1.50 bits per heavy atom. The summed E-state index contributed by atoms with van der Waals surface area (Å²) >= 11 is 0. The van der Waals surface area contributed by atoms with Crippen LogP contribution in [0.15, 0.2) is 6.20 Å². The van der Waals surface area contributed by atoms with Crippen LogP contribution < -0.4 is 5.32 Å². The number of hydrogen-bond acceptors (Lipinski definition) is 4. The number of likely N-dealkylation sites (N-methyl/N-ethyl adjacent to an activating group) is 1. The average Bonchev–Trinajstić information content (AvgIpc) is 2.83. The molecular formula is C16H28N4O2. The number of carboxylic acids is 1. The number of carboxylic acid groups (broad SMARTS) is 1. The predicted octanol–water partition coefficient (Wildman–Crippen LogP) is 1.73. The van der Waals surface area contributed by atoms with Gasteiger partial charge in [0.05, 0.1) is 12.7 Å². The summed E-state index contributed by atoms with van der Waals surface area (Å²) in [4.78, 5) is 12.9. The summed E-state index contributed by atoms with van der Waals surface area (Å²) in [5.41, 5.74) is 2.46.